The lowest BCUT2D eigenvalue weighted by molar-refractivity contribution is -0.384. The van der Waals surface area contributed by atoms with Crippen molar-refractivity contribution < 1.29 is 14.8 Å². The molecular weight excluding hydrogens is 426 g/mol. The summed E-state index contributed by atoms with van der Waals surface area (Å²) in [5.41, 5.74) is 3.28. The van der Waals surface area contributed by atoms with Gasteiger partial charge in [0, 0.05) is 17.5 Å². The summed E-state index contributed by atoms with van der Waals surface area (Å²) < 4.78 is 7.22. The fraction of sp³-hybridized carbons (Fsp3) is 0.125. The summed E-state index contributed by atoms with van der Waals surface area (Å²) in [6.07, 6.45) is -0.864. The molecule has 0 saturated heterocycles. The molecule has 0 aliphatic heterocycles. The van der Waals surface area contributed by atoms with E-state index in [0.717, 1.165) is 27.5 Å². The smallest absolute Gasteiger partial charge is 0.269 e. The Kier molecular flexibility index (Phi) is 6.44. The number of ether oxygens (including phenoxy) is 1. The summed E-state index contributed by atoms with van der Waals surface area (Å²) in [5.74, 6) is 0.760. The van der Waals surface area contributed by atoms with E-state index in [1.54, 1.807) is 19.2 Å². The number of aromatic nitrogens is 1. The van der Waals surface area contributed by atoms with Gasteiger partial charge in [-0.05, 0) is 59.7 Å². The van der Waals surface area contributed by atoms with Crippen LogP contribution in [0.4, 0.5) is 11.4 Å². The van der Waals surface area contributed by atoms with Gasteiger partial charge in [-0.15, -0.1) is 11.3 Å². The number of para-hydroxylation sites is 1. The van der Waals surface area contributed by atoms with Crippen LogP contribution in [-0.2, 0) is 6.54 Å². The van der Waals surface area contributed by atoms with Gasteiger partial charge in [0.2, 0.25) is 0 Å². The largest absolute Gasteiger partial charge is 0.497 e. The molecule has 1 aromatic heterocycles. The molecule has 162 valence electrons. The lowest BCUT2D eigenvalue weighted by atomic mass is 10.1. The van der Waals surface area contributed by atoms with Crippen LogP contribution in [0.1, 0.15) is 11.7 Å². The summed E-state index contributed by atoms with van der Waals surface area (Å²) in [6.45, 7) is 0.244. The molecule has 7 nitrogen and oxygen atoms in total. The van der Waals surface area contributed by atoms with E-state index >= 15 is 0 Å². The average molecular weight is 448 g/mol. The molecule has 4 rings (SSSR count). The molecule has 0 fully saturated rings. The third-order valence-corrected chi connectivity index (χ3v) is 5.87. The van der Waals surface area contributed by atoms with E-state index in [2.05, 4.69) is 0 Å². The Morgan fingerprint density at radius 2 is 1.75 bits per heavy atom. The first-order chi connectivity index (χ1) is 15.5. The molecule has 1 unspecified atom stereocenters. The molecule has 32 heavy (non-hydrogen) atoms. The number of nitro groups is 1. The summed E-state index contributed by atoms with van der Waals surface area (Å²) in [7, 11) is 1.62. The number of nitro benzene ring substituents is 1. The summed E-state index contributed by atoms with van der Waals surface area (Å²) in [6, 6.07) is 23.3. The van der Waals surface area contributed by atoms with Gasteiger partial charge < -0.3 is 14.4 Å². The Labute approximate surface area is 188 Å². The number of hydrogen-bond acceptors (Lipinski definition) is 6. The van der Waals surface area contributed by atoms with Crippen molar-refractivity contribution in [2.24, 2.45) is 4.99 Å². The SMILES string of the molecule is COc1ccc(-c2csc(=Nc3ccccc3)n2CC(O)c2ccc([N+](=O)[O-])cc2)cc1. The molecule has 8 heteroatoms. The van der Waals surface area contributed by atoms with Gasteiger partial charge in [-0.1, -0.05) is 18.2 Å². The first-order valence-electron chi connectivity index (χ1n) is 9.90. The van der Waals surface area contributed by atoms with Crippen LogP contribution >= 0.6 is 11.3 Å². The Morgan fingerprint density at radius 3 is 2.38 bits per heavy atom. The van der Waals surface area contributed by atoms with Crippen LogP contribution in [0.25, 0.3) is 11.3 Å². The maximum absolute atomic E-state index is 10.9. The van der Waals surface area contributed by atoms with Crippen LogP contribution in [0, 0.1) is 10.1 Å². The maximum atomic E-state index is 10.9. The van der Waals surface area contributed by atoms with Crippen molar-refractivity contribution >= 4 is 22.7 Å². The van der Waals surface area contributed by atoms with Gasteiger partial charge in [-0.25, -0.2) is 4.99 Å². The summed E-state index contributed by atoms with van der Waals surface area (Å²) >= 11 is 1.48. The molecule has 0 aliphatic carbocycles. The Balaban J connectivity index is 1.74. The topological polar surface area (TPSA) is 89.9 Å². The first kappa shape index (κ1) is 21.5. The number of methoxy groups -OCH3 is 1. The molecule has 0 spiro atoms. The Morgan fingerprint density at radius 1 is 1.06 bits per heavy atom. The zero-order valence-electron chi connectivity index (χ0n) is 17.3. The van der Waals surface area contributed by atoms with E-state index in [1.165, 1.54) is 23.5 Å². The van der Waals surface area contributed by atoms with Crippen LogP contribution in [-0.4, -0.2) is 21.7 Å². The molecule has 1 heterocycles. The number of rotatable bonds is 7. The fourth-order valence-corrected chi connectivity index (χ4v) is 4.24. The predicted molar refractivity (Wildman–Crippen MR) is 124 cm³/mol. The molecular formula is C24H21N3O4S. The van der Waals surface area contributed by atoms with E-state index in [4.69, 9.17) is 9.73 Å². The maximum Gasteiger partial charge on any atom is 0.269 e. The molecule has 0 radical (unpaired) electrons. The predicted octanol–water partition coefficient (Wildman–Crippen LogP) is 5.10. The molecule has 4 aromatic rings. The van der Waals surface area contributed by atoms with Gasteiger partial charge in [0.1, 0.15) is 5.75 Å². The van der Waals surface area contributed by atoms with Crippen molar-refractivity contribution in [1.29, 1.82) is 0 Å². The molecule has 0 saturated carbocycles. The van der Waals surface area contributed by atoms with Crippen molar-refractivity contribution in [2.45, 2.75) is 12.6 Å². The van der Waals surface area contributed by atoms with Crippen LogP contribution in [0.5, 0.6) is 5.75 Å². The molecule has 0 amide bonds. The standard InChI is InChI=1S/C24H21N3O4S/c1-31-21-13-9-17(10-14-21)22-16-32-24(25-19-5-3-2-4-6-19)26(22)15-23(28)18-7-11-20(12-8-18)27(29)30/h2-14,16,23,28H,15H2,1H3. The van der Waals surface area contributed by atoms with Gasteiger partial charge in [0.15, 0.2) is 4.80 Å². The quantitative estimate of drug-likeness (QED) is 0.315. The van der Waals surface area contributed by atoms with Gasteiger partial charge in [0.25, 0.3) is 5.69 Å². The minimum Gasteiger partial charge on any atom is -0.497 e. The van der Waals surface area contributed by atoms with Crippen LogP contribution in [0.15, 0.2) is 89.2 Å². The molecule has 1 N–H and O–H groups in total. The average Bonchev–Trinajstić information content (AvgIpc) is 3.21. The second-order valence-corrected chi connectivity index (χ2v) is 7.89. The number of thiazole rings is 1. The van der Waals surface area contributed by atoms with E-state index in [1.807, 2.05) is 64.5 Å². The van der Waals surface area contributed by atoms with Crippen LogP contribution in [0.3, 0.4) is 0 Å². The number of nitrogens with zero attached hydrogens (tertiary/aromatic N) is 3. The monoisotopic (exact) mass is 447 g/mol. The van der Waals surface area contributed by atoms with E-state index in [9.17, 15) is 15.2 Å². The second-order valence-electron chi connectivity index (χ2n) is 7.05. The Bertz CT molecular complexity index is 1260. The molecule has 0 aliphatic rings. The van der Waals surface area contributed by atoms with Gasteiger partial charge in [0.05, 0.1) is 36.1 Å². The Hall–Kier alpha value is -3.75. The van der Waals surface area contributed by atoms with Crippen molar-refractivity contribution in [3.63, 3.8) is 0 Å². The molecule has 1 atom stereocenters. The highest BCUT2D eigenvalue weighted by Crippen LogP contribution is 2.26. The highest BCUT2D eigenvalue weighted by Gasteiger charge is 2.16. The number of hydrogen-bond donors (Lipinski definition) is 1. The fourth-order valence-electron chi connectivity index (χ4n) is 3.30. The molecule has 0 bridgehead atoms. The third-order valence-electron chi connectivity index (χ3n) is 5.01. The van der Waals surface area contributed by atoms with Gasteiger partial charge >= 0.3 is 0 Å². The van der Waals surface area contributed by atoms with Crippen molar-refractivity contribution in [3.05, 3.63) is 105 Å². The minimum absolute atomic E-state index is 0.0113. The lowest BCUT2D eigenvalue weighted by Gasteiger charge is -2.15. The third kappa shape index (κ3) is 4.77. The van der Waals surface area contributed by atoms with E-state index in [-0.39, 0.29) is 12.2 Å². The van der Waals surface area contributed by atoms with E-state index < -0.39 is 11.0 Å². The molecule has 3 aromatic carbocycles. The zero-order valence-corrected chi connectivity index (χ0v) is 18.1. The van der Waals surface area contributed by atoms with Gasteiger partial charge in [-0.3, -0.25) is 10.1 Å². The van der Waals surface area contributed by atoms with Crippen molar-refractivity contribution in [2.75, 3.05) is 7.11 Å². The number of non-ortho nitro benzene ring substituents is 1. The van der Waals surface area contributed by atoms with Gasteiger partial charge in [-0.2, -0.15) is 0 Å². The number of benzene rings is 3. The van der Waals surface area contributed by atoms with Crippen LogP contribution in [0.2, 0.25) is 0 Å². The second kappa shape index (κ2) is 9.59. The normalized spacial score (nSPS) is 12.5. The minimum atomic E-state index is -0.864. The van der Waals surface area contributed by atoms with E-state index in [0.29, 0.717) is 5.56 Å². The summed E-state index contributed by atoms with van der Waals surface area (Å²) in [4.78, 5) is 16.0. The highest BCUT2D eigenvalue weighted by atomic mass is 32.1. The highest BCUT2D eigenvalue weighted by molar-refractivity contribution is 7.07. The first-order valence-corrected chi connectivity index (χ1v) is 10.8. The van der Waals surface area contributed by atoms with Crippen LogP contribution < -0.4 is 9.54 Å². The summed E-state index contributed by atoms with van der Waals surface area (Å²) in [5, 5.41) is 23.8. The number of aliphatic hydroxyl groups is 1. The van der Waals surface area contributed by atoms with Crippen molar-refractivity contribution in [1.82, 2.24) is 4.57 Å². The van der Waals surface area contributed by atoms with Crippen molar-refractivity contribution in [3.8, 4) is 17.0 Å². The lowest BCUT2D eigenvalue weighted by Crippen LogP contribution is -2.20. The zero-order chi connectivity index (χ0) is 22.5. The number of aliphatic hydroxyl groups excluding tert-OH is 1.